The Morgan fingerprint density at radius 3 is 2.29 bits per heavy atom. The Balaban J connectivity index is 1.48. The zero-order valence-corrected chi connectivity index (χ0v) is 29.9. The van der Waals surface area contributed by atoms with E-state index in [4.69, 9.17) is 9.47 Å². The quantitative estimate of drug-likeness (QED) is 0.350. The fourth-order valence-corrected chi connectivity index (χ4v) is 8.60. The van der Waals surface area contributed by atoms with E-state index < -0.39 is 66.3 Å². The zero-order valence-electron chi connectivity index (χ0n) is 28.3. The summed E-state index contributed by atoms with van der Waals surface area (Å²) in [6.07, 6.45) is 4.85. The number of nitrogens with zero attached hydrogens (tertiary/aromatic N) is 3. The van der Waals surface area contributed by atoms with Crippen molar-refractivity contribution < 1.29 is 33.8 Å². The molecule has 49 heavy (non-hydrogen) atoms. The molecule has 2 fully saturated rings. The van der Waals surface area contributed by atoms with Gasteiger partial charge < -0.3 is 29.3 Å². The van der Waals surface area contributed by atoms with Crippen molar-refractivity contribution in [1.82, 2.24) is 14.7 Å². The lowest BCUT2D eigenvalue weighted by atomic mass is 9.74. The lowest BCUT2D eigenvalue weighted by Crippen LogP contribution is -2.59. The Labute approximate surface area is 295 Å². The maximum absolute atomic E-state index is 14.9. The molecule has 4 aliphatic heterocycles. The van der Waals surface area contributed by atoms with Crippen molar-refractivity contribution >= 4 is 39.6 Å². The highest BCUT2D eigenvalue weighted by molar-refractivity contribution is 9.11. The summed E-state index contributed by atoms with van der Waals surface area (Å²) in [6.45, 7) is 5.50. The molecule has 4 aliphatic rings. The Morgan fingerprint density at radius 2 is 1.63 bits per heavy atom. The van der Waals surface area contributed by atoms with Crippen molar-refractivity contribution in [3.05, 3.63) is 94.5 Å². The van der Waals surface area contributed by atoms with Gasteiger partial charge in [-0.15, -0.1) is 0 Å². The summed E-state index contributed by atoms with van der Waals surface area (Å²) in [6, 6.07) is 16.1. The van der Waals surface area contributed by atoms with Gasteiger partial charge in [0.1, 0.15) is 29.8 Å². The van der Waals surface area contributed by atoms with Crippen LogP contribution in [0, 0.1) is 11.8 Å². The second kappa shape index (κ2) is 14.2. The van der Waals surface area contributed by atoms with Gasteiger partial charge >= 0.3 is 5.97 Å². The minimum absolute atomic E-state index is 0.110. The van der Waals surface area contributed by atoms with Crippen LogP contribution in [0.25, 0.3) is 0 Å². The summed E-state index contributed by atoms with van der Waals surface area (Å²) >= 11 is 3.62. The molecule has 11 heteroatoms. The van der Waals surface area contributed by atoms with Crippen LogP contribution in [0.4, 0.5) is 0 Å². The average Bonchev–Trinajstić information content (AvgIpc) is 3.70. The minimum atomic E-state index is -1.48. The van der Waals surface area contributed by atoms with Crippen molar-refractivity contribution in [2.24, 2.45) is 11.8 Å². The lowest BCUT2D eigenvalue weighted by molar-refractivity contribution is -0.164. The molecular formula is C38H44BrN3O7. The molecule has 0 aliphatic carbocycles. The monoisotopic (exact) mass is 733 g/mol. The number of cyclic esters (lactones) is 1. The summed E-state index contributed by atoms with van der Waals surface area (Å²) in [5.41, 5.74) is 0.124. The molecule has 5 bridgehead atoms. The molecule has 2 saturated heterocycles. The molecular weight excluding hydrogens is 690 g/mol. The van der Waals surface area contributed by atoms with Crippen LogP contribution in [-0.2, 0) is 35.1 Å². The molecule has 1 N–H and O–H groups in total. The van der Waals surface area contributed by atoms with Crippen molar-refractivity contribution in [3.8, 4) is 0 Å². The molecule has 2 aromatic rings. The van der Waals surface area contributed by atoms with Crippen LogP contribution in [-0.4, -0.2) is 99.6 Å². The summed E-state index contributed by atoms with van der Waals surface area (Å²) in [5, 5.41) is 10.8. The largest absolute Gasteiger partial charge is 0.455 e. The molecule has 10 nitrogen and oxygen atoms in total. The van der Waals surface area contributed by atoms with Crippen molar-refractivity contribution in [3.63, 3.8) is 0 Å². The first-order valence-electron chi connectivity index (χ1n) is 17.0. The second-order valence-electron chi connectivity index (χ2n) is 13.7. The van der Waals surface area contributed by atoms with Crippen LogP contribution in [0.15, 0.2) is 83.4 Å². The van der Waals surface area contributed by atoms with Crippen LogP contribution in [0.3, 0.4) is 0 Å². The van der Waals surface area contributed by atoms with Gasteiger partial charge in [0.2, 0.25) is 17.7 Å². The first-order chi connectivity index (χ1) is 23.5. The number of aliphatic hydroxyl groups is 1. The van der Waals surface area contributed by atoms with Gasteiger partial charge in [-0.25, -0.2) is 0 Å². The highest BCUT2D eigenvalue weighted by Gasteiger charge is 2.75. The van der Waals surface area contributed by atoms with E-state index in [-0.39, 0.29) is 30.8 Å². The number of halogens is 1. The molecule has 2 aromatic carbocycles. The summed E-state index contributed by atoms with van der Waals surface area (Å²) in [4.78, 5) is 62.3. The SMILES string of the molecule is CC(C)N1C/C=C\CCC(=O)N(C)[C@H](C)[C@@H](c2ccccc2)OC(=O)[C@@H]2[C@H]3O[C@@]4(C=C3Br)[C@H](C1=O)N([C@@H](CO)Cc1ccccc1)C(=O)[C@@H]24. The Bertz CT molecular complexity index is 1630. The molecule has 8 atom stereocenters. The standard InChI is InChI=1S/C38H44BrN3O7/c1-23(2)41-19-13-7-12-18-29(44)40(4)24(3)32(26-16-10-6-11-17-26)48-37(47)30-31-35(45)42(27(22-43)20-25-14-8-5-9-15-25)34(36(41)46)38(31)21-28(39)33(30)49-38/h5-11,13-17,21,23-24,27,30-34,43H,12,18-20,22H2,1-4H3/b13-7-/t24-,27-,30+,31-,32+,33+,34+,38-/m1/s1. The van der Waals surface area contributed by atoms with E-state index in [2.05, 4.69) is 15.9 Å². The number of fused-ring (bicyclic) bond motifs is 2. The first kappa shape index (κ1) is 35.0. The highest BCUT2D eigenvalue weighted by Crippen LogP contribution is 2.59. The van der Waals surface area contributed by atoms with E-state index in [9.17, 15) is 24.3 Å². The molecule has 3 amide bonds. The van der Waals surface area contributed by atoms with Gasteiger partial charge in [-0.3, -0.25) is 19.2 Å². The number of likely N-dealkylation sites (tertiary alicyclic amines) is 1. The topological polar surface area (TPSA) is 117 Å². The number of allylic oxidation sites excluding steroid dienone is 1. The number of carbonyl (C=O) groups excluding carboxylic acids is 4. The number of carbonyl (C=O) groups is 4. The van der Waals surface area contributed by atoms with Crippen LogP contribution in [0.2, 0.25) is 0 Å². The van der Waals surface area contributed by atoms with Gasteiger partial charge in [0, 0.05) is 30.5 Å². The molecule has 4 heterocycles. The molecule has 0 unspecified atom stereocenters. The molecule has 1 spiro atoms. The number of benzene rings is 2. The van der Waals surface area contributed by atoms with E-state index in [0.29, 0.717) is 22.9 Å². The van der Waals surface area contributed by atoms with E-state index in [1.807, 2.05) is 93.6 Å². The normalized spacial score (nSPS) is 32.0. The summed E-state index contributed by atoms with van der Waals surface area (Å²) in [5.74, 6) is -3.70. The van der Waals surface area contributed by atoms with Crippen LogP contribution < -0.4 is 0 Å². The maximum Gasteiger partial charge on any atom is 0.313 e. The number of ether oxygens (including phenoxy) is 2. The Kier molecular flexibility index (Phi) is 10.2. The maximum atomic E-state index is 14.9. The smallest absolute Gasteiger partial charge is 0.313 e. The fourth-order valence-electron chi connectivity index (χ4n) is 7.86. The predicted molar refractivity (Wildman–Crippen MR) is 186 cm³/mol. The predicted octanol–water partition coefficient (Wildman–Crippen LogP) is 4.18. The van der Waals surface area contributed by atoms with E-state index >= 15 is 0 Å². The number of aliphatic hydroxyl groups excluding tert-OH is 1. The molecule has 260 valence electrons. The van der Waals surface area contributed by atoms with E-state index in [0.717, 1.165) is 5.56 Å². The Morgan fingerprint density at radius 1 is 0.959 bits per heavy atom. The van der Waals surface area contributed by atoms with E-state index in [1.165, 1.54) is 4.90 Å². The van der Waals surface area contributed by atoms with Gasteiger partial charge in [-0.05, 0) is 50.8 Å². The van der Waals surface area contributed by atoms with Crippen molar-refractivity contribution in [1.29, 1.82) is 0 Å². The van der Waals surface area contributed by atoms with Crippen LogP contribution in [0.5, 0.6) is 0 Å². The molecule has 6 rings (SSSR count). The van der Waals surface area contributed by atoms with Crippen LogP contribution in [0.1, 0.15) is 50.8 Å². The second-order valence-corrected chi connectivity index (χ2v) is 14.6. The zero-order chi connectivity index (χ0) is 35.0. The fraction of sp³-hybridized carbons (Fsp3) is 0.474. The van der Waals surface area contributed by atoms with Crippen molar-refractivity contribution in [2.75, 3.05) is 20.2 Å². The number of esters is 1. The van der Waals surface area contributed by atoms with Gasteiger partial charge in [0.15, 0.2) is 0 Å². The van der Waals surface area contributed by atoms with Gasteiger partial charge in [0.25, 0.3) is 0 Å². The van der Waals surface area contributed by atoms with Crippen LogP contribution >= 0.6 is 15.9 Å². The highest BCUT2D eigenvalue weighted by atomic mass is 79.9. The summed E-state index contributed by atoms with van der Waals surface area (Å²) in [7, 11) is 1.70. The third-order valence-electron chi connectivity index (χ3n) is 10.5. The molecule has 0 radical (unpaired) electrons. The average molecular weight is 735 g/mol. The van der Waals surface area contributed by atoms with Crippen molar-refractivity contribution in [2.45, 2.75) is 82.0 Å². The van der Waals surface area contributed by atoms with E-state index in [1.54, 1.807) is 22.9 Å². The number of rotatable bonds is 6. The number of likely N-dealkylation sites (N-methyl/N-ethyl adjacent to an activating group) is 1. The summed E-state index contributed by atoms with van der Waals surface area (Å²) < 4.78 is 13.6. The minimum Gasteiger partial charge on any atom is -0.455 e. The number of amides is 3. The van der Waals surface area contributed by atoms with Gasteiger partial charge in [0.05, 0.1) is 24.6 Å². The molecule has 0 saturated carbocycles. The first-order valence-corrected chi connectivity index (χ1v) is 17.8. The Hall–Kier alpha value is -3.80. The number of hydrogen-bond acceptors (Lipinski definition) is 7. The number of hydrogen-bond donors (Lipinski definition) is 1. The third-order valence-corrected chi connectivity index (χ3v) is 11.2. The molecule has 0 aromatic heterocycles. The third kappa shape index (κ3) is 6.25. The lowest BCUT2D eigenvalue weighted by Gasteiger charge is -2.40. The van der Waals surface area contributed by atoms with Gasteiger partial charge in [-0.2, -0.15) is 0 Å². The van der Waals surface area contributed by atoms with Gasteiger partial charge in [-0.1, -0.05) is 88.7 Å².